The highest BCUT2D eigenvalue weighted by molar-refractivity contribution is 6.05. The molecule has 0 aliphatic carbocycles. The fourth-order valence-electron chi connectivity index (χ4n) is 6.55. The van der Waals surface area contributed by atoms with Crippen LogP contribution >= 0.6 is 0 Å². The molecule has 0 saturated carbocycles. The number of nitrogens with one attached hydrogen (secondary N) is 1. The fourth-order valence-corrected chi connectivity index (χ4v) is 6.55. The molecule has 4 aliphatic heterocycles. The number of carbonyl (C=O) groups is 3. The van der Waals surface area contributed by atoms with Gasteiger partial charge in [0, 0.05) is 60.1 Å². The summed E-state index contributed by atoms with van der Waals surface area (Å²) in [5, 5.41) is 0. The van der Waals surface area contributed by atoms with Crippen LogP contribution < -0.4 is 10.1 Å². The van der Waals surface area contributed by atoms with Crippen molar-refractivity contribution >= 4 is 23.4 Å². The maximum Gasteiger partial charge on any atom is 0.439 e. The normalized spacial score (nSPS) is 26.4. The highest BCUT2D eigenvalue weighted by atomic mass is 16.2. The van der Waals surface area contributed by atoms with Crippen LogP contribution in [0, 0.1) is 0 Å². The third-order valence-electron chi connectivity index (χ3n) is 8.35. The Balaban J connectivity index is 1.48. The predicted octanol–water partition coefficient (Wildman–Crippen LogP) is 4.91. The second-order valence-corrected chi connectivity index (χ2v) is 10.3. The molecule has 0 bridgehead atoms. The number of imide groups is 1. The molecule has 6 rings (SSSR count). The standard InChI is InChI=1S/C31H31N4O3/c1-4-24-16-11-17-27-21(2)22(3)31-34(24,27)35(31,25-14-9-6-10-15-25)32-30(38)26(20-23-12-7-5-8-13-23)33-28(36)18-19-29(33)37/h5-17,26H,4,18-20H2,1-3H3/q+1/p+1/t26-,34?,35?/m0/s1. The molecule has 38 heavy (non-hydrogen) atoms. The van der Waals surface area contributed by atoms with E-state index >= 15 is 0 Å². The fraction of sp³-hybridized carbons (Fsp3) is 0.258. The number of para-hydroxylation sites is 1. The molecule has 2 aromatic rings. The topological polar surface area (TPSA) is 66.5 Å². The molecule has 0 radical (unpaired) electrons. The van der Waals surface area contributed by atoms with Crippen molar-refractivity contribution in [1.82, 2.24) is 15.0 Å². The van der Waals surface area contributed by atoms with E-state index in [2.05, 4.69) is 44.4 Å². The summed E-state index contributed by atoms with van der Waals surface area (Å²) in [5.74, 6) is 0.146. The zero-order valence-corrected chi connectivity index (χ0v) is 22.0. The Morgan fingerprint density at radius 1 is 0.947 bits per heavy atom. The summed E-state index contributed by atoms with van der Waals surface area (Å²) in [6.45, 7) is 6.38. The molecular formula is C31H32N4O3+2. The van der Waals surface area contributed by atoms with Crippen LogP contribution in [-0.4, -0.2) is 33.3 Å². The van der Waals surface area contributed by atoms with Gasteiger partial charge < -0.3 is 0 Å². The van der Waals surface area contributed by atoms with Crippen molar-refractivity contribution in [2.24, 2.45) is 0 Å². The van der Waals surface area contributed by atoms with Gasteiger partial charge in [0.1, 0.15) is 6.04 Å². The Morgan fingerprint density at radius 3 is 2.21 bits per heavy atom. The number of allylic oxidation sites excluding steroid dienone is 6. The van der Waals surface area contributed by atoms with Crippen molar-refractivity contribution in [2.75, 3.05) is 0 Å². The maximum absolute atomic E-state index is 14.4. The Kier molecular flexibility index (Phi) is 5.59. The summed E-state index contributed by atoms with van der Waals surface area (Å²) in [5.41, 5.74) is 9.86. The average molecular weight is 509 g/mol. The van der Waals surface area contributed by atoms with Gasteiger partial charge in [-0.05, 0) is 19.4 Å². The molecular weight excluding hydrogens is 476 g/mol. The minimum atomic E-state index is -0.942. The lowest BCUT2D eigenvalue weighted by molar-refractivity contribution is -0.772. The number of likely N-dealkylation sites (tertiary alicyclic amines) is 1. The van der Waals surface area contributed by atoms with Gasteiger partial charge in [-0.2, -0.15) is 0 Å². The number of rotatable bonds is 7. The van der Waals surface area contributed by atoms with Gasteiger partial charge in [0.2, 0.25) is 23.2 Å². The second-order valence-electron chi connectivity index (χ2n) is 10.3. The third kappa shape index (κ3) is 3.12. The van der Waals surface area contributed by atoms with E-state index in [-0.39, 0.29) is 41.7 Å². The van der Waals surface area contributed by atoms with Crippen LogP contribution in [0.4, 0.5) is 5.69 Å². The van der Waals surface area contributed by atoms with Gasteiger partial charge >= 0.3 is 5.82 Å². The van der Waals surface area contributed by atoms with Gasteiger partial charge in [0.25, 0.3) is 5.91 Å². The number of hydrogen-bond acceptors (Lipinski definition) is 3. The molecule has 2 unspecified atom stereocenters. The summed E-state index contributed by atoms with van der Waals surface area (Å²) < 4.78 is 0.504. The number of nitrogens with zero attached hydrogens (tertiary/aromatic N) is 3. The molecule has 3 amide bonds. The Hall–Kier alpha value is -4.07. The molecule has 2 saturated heterocycles. The highest BCUT2D eigenvalue weighted by Crippen LogP contribution is 2.67. The van der Waals surface area contributed by atoms with E-state index in [1.165, 1.54) is 16.2 Å². The molecule has 192 valence electrons. The first-order valence-electron chi connectivity index (χ1n) is 13.2. The number of quaternary nitrogens is 2. The van der Waals surface area contributed by atoms with Crippen LogP contribution in [0.25, 0.3) is 0 Å². The summed E-state index contributed by atoms with van der Waals surface area (Å²) in [7, 11) is 0. The second kappa shape index (κ2) is 8.75. The molecule has 4 aliphatic rings. The third-order valence-corrected chi connectivity index (χ3v) is 8.35. The summed E-state index contributed by atoms with van der Waals surface area (Å²) >= 11 is 0. The first-order chi connectivity index (χ1) is 18.4. The van der Waals surface area contributed by atoms with E-state index in [0.717, 1.165) is 34.8 Å². The summed E-state index contributed by atoms with van der Waals surface area (Å²) in [4.78, 5) is 41.3. The zero-order chi connectivity index (χ0) is 26.7. The van der Waals surface area contributed by atoms with E-state index in [4.69, 9.17) is 0 Å². The number of amides is 3. The monoisotopic (exact) mass is 508 g/mol. The Morgan fingerprint density at radius 2 is 1.58 bits per heavy atom. The molecule has 3 atom stereocenters. The first-order valence-corrected chi connectivity index (χ1v) is 13.2. The molecule has 2 aromatic carbocycles. The minimum Gasteiger partial charge on any atom is -0.274 e. The van der Waals surface area contributed by atoms with Gasteiger partial charge in [-0.25, -0.2) is 0 Å². The summed E-state index contributed by atoms with van der Waals surface area (Å²) in [6.07, 6.45) is 7.69. The molecule has 2 fully saturated rings. The average Bonchev–Trinajstić information content (AvgIpc) is 3.23. The predicted molar refractivity (Wildman–Crippen MR) is 145 cm³/mol. The summed E-state index contributed by atoms with van der Waals surface area (Å²) in [6, 6.07) is 18.6. The lowest BCUT2D eigenvalue weighted by atomic mass is 10.0. The van der Waals surface area contributed by atoms with Gasteiger partial charge in [-0.15, -0.1) is 5.43 Å². The molecule has 1 spiro atoms. The quantitative estimate of drug-likeness (QED) is 0.328. The van der Waals surface area contributed by atoms with E-state index < -0.39 is 6.04 Å². The van der Waals surface area contributed by atoms with Crippen molar-refractivity contribution < 1.29 is 19.0 Å². The van der Waals surface area contributed by atoms with Crippen LogP contribution in [0.1, 0.15) is 45.6 Å². The van der Waals surface area contributed by atoms with Crippen LogP contribution in [0.3, 0.4) is 0 Å². The smallest absolute Gasteiger partial charge is 0.274 e. The molecule has 4 heterocycles. The lowest BCUT2D eigenvalue weighted by Crippen LogP contribution is -2.61. The number of hydrogen-bond donors (Lipinski definition) is 1. The van der Waals surface area contributed by atoms with Crippen LogP contribution in [0.15, 0.2) is 107 Å². The van der Waals surface area contributed by atoms with Crippen molar-refractivity contribution in [3.63, 3.8) is 0 Å². The van der Waals surface area contributed by atoms with Crippen molar-refractivity contribution in [3.8, 4) is 0 Å². The van der Waals surface area contributed by atoms with Gasteiger partial charge in [0.05, 0.1) is 10.3 Å². The lowest BCUT2D eigenvalue weighted by Gasteiger charge is -2.29. The van der Waals surface area contributed by atoms with Crippen molar-refractivity contribution in [3.05, 3.63) is 113 Å². The van der Waals surface area contributed by atoms with E-state index in [0.29, 0.717) is 4.59 Å². The Labute approximate surface area is 222 Å². The van der Waals surface area contributed by atoms with Crippen molar-refractivity contribution in [1.29, 1.82) is 0 Å². The minimum absolute atomic E-state index is 0.101. The van der Waals surface area contributed by atoms with Crippen LogP contribution in [0.5, 0.6) is 0 Å². The highest BCUT2D eigenvalue weighted by Gasteiger charge is 2.90. The number of benzene rings is 2. The van der Waals surface area contributed by atoms with Crippen LogP contribution in [0.2, 0.25) is 0 Å². The van der Waals surface area contributed by atoms with E-state index in [9.17, 15) is 14.4 Å². The van der Waals surface area contributed by atoms with Crippen molar-refractivity contribution in [2.45, 2.75) is 52.5 Å². The maximum atomic E-state index is 14.4. The number of carbonyl (C=O) groups excluding carboxylic acids is 3. The molecule has 0 aromatic heterocycles. The van der Waals surface area contributed by atoms with Gasteiger partial charge in [-0.1, -0.05) is 61.5 Å². The van der Waals surface area contributed by atoms with Crippen LogP contribution in [-0.2, 0) is 20.8 Å². The van der Waals surface area contributed by atoms with Gasteiger partial charge in [0.15, 0.2) is 5.70 Å². The Bertz CT molecular complexity index is 1470. The zero-order valence-electron chi connectivity index (χ0n) is 22.0. The first kappa shape index (κ1) is 24.3. The van der Waals surface area contributed by atoms with E-state index in [1.807, 2.05) is 60.7 Å². The molecule has 7 nitrogen and oxygen atoms in total. The van der Waals surface area contributed by atoms with E-state index in [1.54, 1.807) is 0 Å². The van der Waals surface area contributed by atoms with Gasteiger partial charge in [-0.3, -0.25) is 19.3 Å². The SMILES string of the molecule is CCC1=CC=CC2=C(C)C(C)=C3[N+]12[N+]3(NC(=O)[C@H](Cc1ccccc1)N1C(=O)CCC1=O)c1ccccc1. The largest absolute Gasteiger partial charge is 0.439 e. The molecule has 7 heteroatoms. The molecule has 1 N–H and O–H groups in total.